The van der Waals surface area contributed by atoms with Crippen molar-refractivity contribution in [1.82, 2.24) is 19.7 Å². The molecule has 9 heteroatoms. The molecule has 0 saturated heterocycles. The molecule has 0 bridgehead atoms. The Bertz CT molecular complexity index is 465. The Hall–Kier alpha value is -0.510. The zero-order valence-corrected chi connectivity index (χ0v) is 12.2. The summed E-state index contributed by atoms with van der Waals surface area (Å²) >= 11 is 3.03. The third-order valence-electron chi connectivity index (χ3n) is 2.04. The van der Waals surface area contributed by atoms with Crippen LogP contribution in [0.2, 0.25) is 0 Å². The van der Waals surface area contributed by atoms with Gasteiger partial charge in [-0.25, -0.2) is 17.8 Å². The van der Waals surface area contributed by atoms with E-state index in [1.165, 1.54) is 11.7 Å². The van der Waals surface area contributed by atoms with E-state index in [9.17, 15) is 13.5 Å². The van der Waals surface area contributed by atoms with E-state index in [0.29, 0.717) is 6.42 Å². The fourth-order valence-corrected chi connectivity index (χ4v) is 3.84. The molecule has 98 valence electrons. The first-order valence-corrected chi connectivity index (χ1v) is 7.27. The van der Waals surface area contributed by atoms with Gasteiger partial charge in [0.2, 0.25) is 5.03 Å². The number of rotatable bonds is 5. The highest BCUT2D eigenvalue weighted by molar-refractivity contribution is 9.10. The van der Waals surface area contributed by atoms with E-state index in [1.807, 2.05) is 0 Å². The van der Waals surface area contributed by atoms with E-state index < -0.39 is 16.1 Å². The van der Waals surface area contributed by atoms with Gasteiger partial charge < -0.3 is 5.11 Å². The predicted molar refractivity (Wildman–Crippen MR) is 64.8 cm³/mol. The van der Waals surface area contributed by atoms with Crippen molar-refractivity contribution in [2.24, 2.45) is 7.05 Å². The van der Waals surface area contributed by atoms with Crippen LogP contribution in [0.4, 0.5) is 0 Å². The van der Waals surface area contributed by atoms with Crippen LogP contribution in [-0.4, -0.2) is 40.7 Å². The minimum absolute atomic E-state index is 0.0325. The lowest BCUT2D eigenvalue weighted by Gasteiger charge is -2.15. The number of aliphatic hydroxyl groups is 1. The first kappa shape index (κ1) is 14.6. The molecule has 0 aromatic carbocycles. The Morgan fingerprint density at radius 1 is 1.53 bits per heavy atom. The van der Waals surface area contributed by atoms with Crippen molar-refractivity contribution in [3.63, 3.8) is 0 Å². The average molecular weight is 327 g/mol. The second-order valence-corrected chi connectivity index (χ2v) is 6.30. The SMILES string of the molecule is CC(O)CC(C)NS(=O)(=O)c1c(Br)nnn1C. The molecule has 1 aromatic heterocycles. The fourth-order valence-electron chi connectivity index (χ4n) is 1.49. The number of hydrogen-bond acceptors (Lipinski definition) is 5. The lowest BCUT2D eigenvalue weighted by atomic mass is 10.2. The molecule has 1 heterocycles. The highest BCUT2D eigenvalue weighted by Gasteiger charge is 2.25. The Balaban J connectivity index is 2.90. The minimum atomic E-state index is -3.69. The summed E-state index contributed by atoms with van der Waals surface area (Å²) in [6.45, 7) is 3.29. The molecule has 2 N–H and O–H groups in total. The Morgan fingerprint density at radius 3 is 2.53 bits per heavy atom. The van der Waals surface area contributed by atoms with Gasteiger partial charge in [-0.05, 0) is 36.2 Å². The fraction of sp³-hybridized carbons (Fsp3) is 0.750. The van der Waals surface area contributed by atoms with Crippen molar-refractivity contribution in [2.45, 2.75) is 37.4 Å². The van der Waals surface area contributed by atoms with Gasteiger partial charge in [0.05, 0.1) is 6.10 Å². The number of sulfonamides is 1. The highest BCUT2D eigenvalue weighted by atomic mass is 79.9. The first-order chi connectivity index (χ1) is 7.74. The molecular weight excluding hydrogens is 312 g/mol. The number of hydrogen-bond donors (Lipinski definition) is 2. The van der Waals surface area contributed by atoms with Crippen LogP contribution in [0.1, 0.15) is 20.3 Å². The molecule has 2 unspecified atom stereocenters. The lowest BCUT2D eigenvalue weighted by Crippen LogP contribution is -2.35. The smallest absolute Gasteiger partial charge is 0.260 e. The molecule has 0 fully saturated rings. The van der Waals surface area contributed by atoms with Crippen molar-refractivity contribution >= 4 is 26.0 Å². The maximum atomic E-state index is 12.0. The van der Waals surface area contributed by atoms with Gasteiger partial charge >= 0.3 is 0 Å². The maximum absolute atomic E-state index is 12.0. The summed E-state index contributed by atoms with van der Waals surface area (Å²) in [5.74, 6) is 0. The van der Waals surface area contributed by atoms with Crippen LogP contribution in [0.5, 0.6) is 0 Å². The number of aromatic nitrogens is 3. The molecule has 0 aliphatic rings. The third kappa shape index (κ3) is 3.73. The number of nitrogens with zero attached hydrogens (tertiary/aromatic N) is 3. The summed E-state index contributed by atoms with van der Waals surface area (Å²) in [7, 11) is -2.20. The molecule has 0 radical (unpaired) electrons. The van der Waals surface area contributed by atoms with Gasteiger partial charge in [0.15, 0.2) is 4.60 Å². The largest absolute Gasteiger partial charge is 0.393 e. The van der Waals surface area contributed by atoms with Gasteiger partial charge in [-0.15, -0.1) is 5.10 Å². The second kappa shape index (κ2) is 5.42. The monoisotopic (exact) mass is 326 g/mol. The molecule has 0 spiro atoms. The number of nitrogens with one attached hydrogen (secondary N) is 1. The summed E-state index contributed by atoms with van der Waals surface area (Å²) in [6.07, 6.45) is -0.233. The van der Waals surface area contributed by atoms with E-state index in [2.05, 4.69) is 31.0 Å². The number of halogens is 1. The van der Waals surface area contributed by atoms with Gasteiger partial charge in [0.1, 0.15) is 0 Å². The summed E-state index contributed by atoms with van der Waals surface area (Å²) in [5, 5.41) is 16.4. The van der Waals surface area contributed by atoms with Crippen LogP contribution in [0.25, 0.3) is 0 Å². The van der Waals surface area contributed by atoms with E-state index in [1.54, 1.807) is 13.8 Å². The zero-order chi connectivity index (χ0) is 13.2. The normalized spacial score (nSPS) is 15.8. The molecule has 0 amide bonds. The molecular formula is C8H15BrN4O3S. The van der Waals surface area contributed by atoms with Crippen LogP contribution in [-0.2, 0) is 17.1 Å². The van der Waals surface area contributed by atoms with Gasteiger partial charge in [-0.1, -0.05) is 5.21 Å². The van der Waals surface area contributed by atoms with Crippen molar-refractivity contribution in [3.05, 3.63) is 4.60 Å². The lowest BCUT2D eigenvalue weighted by molar-refractivity contribution is 0.175. The predicted octanol–water partition coefficient (Wildman–Crippen LogP) is 0.0153. The van der Waals surface area contributed by atoms with Gasteiger partial charge in [-0.3, -0.25) is 0 Å². The number of aliphatic hydroxyl groups excluding tert-OH is 1. The van der Waals surface area contributed by atoms with E-state index in [0.717, 1.165) is 0 Å². The van der Waals surface area contributed by atoms with Crippen LogP contribution < -0.4 is 4.72 Å². The Labute approximate surface area is 108 Å². The van der Waals surface area contributed by atoms with Crippen LogP contribution in [0.15, 0.2) is 9.63 Å². The third-order valence-corrected chi connectivity index (χ3v) is 4.52. The van der Waals surface area contributed by atoms with Crippen molar-refractivity contribution < 1.29 is 13.5 Å². The van der Waals surface area contributed by atoms with Crippen LogP contribution in [0, 0.1) is 0 Å². The van der Waals surface area contributed by atoms with Crippen LogP contribution >= 0.6 is 15.9 Å². The summed E-state index contributed by atoms with van der Waals surface area (Å²) in [5.41, 5.74) is 0. The second-order valence-electron chi connectivity index (χ2n) is 3.92. The van der Waals surface area contributed by atoms with E-state index in [-0.39, 0.29) is 15.7 Å². The number of aryl methyl sites for hydroxylation is 1. The average Bonchev–Trinajstić information content (AvgIpc) is 2.43. The van der Waals surface area contributed by atoms with Gasteiger partial charge in [-0.2, -0.15) is 0 Å². The molecule has 7 nitrogen and oxygen atoms in total. The molecule has 1 rings (SSSR count). The minimum Gasteiger partial charge on any atom is -0.393 e. The van der Waals surface area contributed by atoms with E-state index in [4.69, 9.17) is 0 Å². The Morgan fingerprint density at radius 2 is 2.12 bits per heavy atom. The summed E-state index contributed by atoms with van der Waals surface area (Å²) in [4.78, 5) is 0. The Kier molecular flexibility index (Phi) is 4.64. The molecule has 0 aliphatic carbocycles. The molecule has 1 aromatic rings. The molecule has 0 saturated carbocycles. The zero-order valence-electron chi connectivity index (χ0n) is 9.75. The first-order valence-electron chi connectivity index (χ1n) is 4.99. The standard InChI is InChI=1S/C8H15BrN4O3S/c1-5(4-6(2)14)11-17(15,16)8-7(9)10-12-13(8)3/h5-6,11,14H,4H2,1-3H3. The quantitative estimate of drug-likeness (QED) is 0.794. The maximum Gasteiger partial charge on any atom is 0.260 e. The topological polar surface area (TPSA) is 97.1 Å². The van der Waals surface area contributed by atoms with Gasteiger partial charge in [0, 0.05) is 13.1 Å². The van der Waals surface area contributed by atoms with Gasteiger partial charge in [0.25, 0.3) is 10.0 Å². The van der Waals surface area contributed by atoms with Crippen molar-refractivity contribution in [2.75, 3.05) is 0 Å². The van der Waals surface area contributed by atoms with Crippen molar-refractivity contribution in [3.8, 4) is 0 Å². The summed E-state index contributed by atoms with van der Waals surface area (Å²) < 4.78 is 27.8. The molecule has 2 atom stereocenters. The van der Waals surface area contributed by atoms with E-state index >= 15 is 0 Å². The van der Waals surface area contributed by atoms with Crippen molar-refractivity contribution in [1.29, 1.82) is 0 Å². The highest BCUT2D eigenvalue weighted by Crippen LogP contribution is 2.18. The molecule has 0 aliphatic heterocycles. The summed E-state index contributed by atoms with van der Waals surface area (Å²) in [6, 6.07) is -0.373. The molecule has 17 heavy (non-hydrogen) atoms. The van der Waals surface area contributed by atoms with Crippen LogP contribution in [0.3, 0.4) is 0 Å².